The first-order chi connectivity index (χ1) is 6.11. The molecule has 0 saturated carbocycles. The second-order valence-corrected chi connectivity index (χ2v) is 2.94. The number of hydrogen-bond acceptors (Lipinski definition) is 3. The molecule has 0 aliphatic carbocycles. The van der Waals surface area contributed by atoms with Gasteiger partial charge in [0.25, 0.3) is 5.91 Å². The molecule has 1 unspecified atom stereocenters. The van der Waals surface area contributed by atoms with Gasteiger partial charge >= 0.3 is 6.43 Å². The molecule has 0 aromatic carbocycles. The fraction of sp³-hybridized carbons (Fsp3) is 0.857. The third-order valence-corrected chi connectivity index (χ3v) is 1.87. The lowest BCUT2D eigenvalue weighted by molar-refractivity contribution is -0.143. The molecular formula is C7H12F2N2O2. The highest BCUT2D eigenvalue weighted by molar-refractivity contribution is 5.79. The quantitative estimate of drug-likeness (QED) is 0.565. The minimum Gasteiger partial charge on any atom is -0.390 e. The van der Waals surface area contributed by atoms with Crippen LogP contribution in [0.15, 0.2) is 0 Å². The zero-order chi connectivity index (χ0) is 9.84. The van der Waals surface area contributed by atoms with Crippen LogP contribution in [0, 0.1) is 0 Å². The van der Waals surface area contributed by atoms with E-state index in [1.165, 1.54) is 0 Å². The number of carbonyl (C=O) groups is 1. The topological polar surface area (TPSA) is 52.6 Å². The van der Waals surface area contributed by atoms with E-state index in [1.807, 2.05) is 0 Å². The van der Waals surface area contributed by atoms with Crippen molar-refractivity contribution in [2.45, 2.75) is 12.5 Å². The molecule has 6 heteroatoms. The molecule has 4 nitrogen and oxygen atoms in total. The van der Waals surface area contributed by atoms with Gasteiger partial charge in [0.05, 0.1) is 6.10 Å². The van der Waals surface area contributed by atoms with Crippen molar-refractivity contribution in [2.24, 2.45) is 0 Å². The molecule has 0 aromatic rings. The van der Waals surface area contributed by atoms with Gasteiger partial charge in [-0.25, -0.2) is 0 Å². The summed E-state index contributed by atoms with van der Waals surface area (Å²) in [5.41, 5.74) is 0. The number of amides is 1. The van der Waals surface area contributed by atoms with E-state index in [4.69, 9.17) is 0 Å². The zero-order valence-corrected chi connectivity index (χ0v) is 7.04. The van der Waals surface area contributed by atoms with E-state index < -0.39 is 18.4 Å². The van der Waals surface area contributed by atoms with Crippen molar-refractivity contribution in [1.29, 1.82) is 0 Å². The Morgan fingerprint density at radius 1 is 1.62 bits per heavy atom. The van der Waals surface area contributed by atoms with Crippen molar-refractivity contribution >= 4 is 5.91 Å². The highest BCUT2D eigenvalue weighted by atomic mass is 19.3. The first-order valence-electron chi connectivity index (χ1n) is 4.07. The maximum absolute atomic E-state index is 12.0. The largest absolute Gasteiger partial charge is 0.390 e. The monoisotopic (exact) mass is 194 g/mol. The lowest BCUT2D eigenvalue weighted by Crippen LogP contribution is -2.40. The second-order valence-electron chi connectivity index (χ2n) is 2.94. The van der Waals surface area contributed by atoms with E-state index in [0.29, 0.717) is 13.1 Å². The molecule has 13 heavy (non-hydrogen) atoms. The Morgan fingerprint density at radius 3 is 2.92 bits per heavy atom. The Kier molecular flexibility index (Phi) is 3.56. The molecule has 76 valence electrons. The Balaban J connectivity index is 2.52. The van der Waals surface area contributed by atoms with Gasteiger partial charge in [-0.05, 0) is 0 Å². The molecule has 0 aromatic heterocycles. The highest BCUT2D eigenvalue weighted by Crippen LogP contribution is 2.03. The van der Waals surface area contributed by atoms with Gasteiger partial charge in [0.2, 0.25) is 0 Å². The number of nitrogens with one attached hydrogen (secondary N) is 1. The molecule has 2 N–H and O–H groups in total. The number of alkyl halides is 2. The first-order valence-corrected chi connectivity index (χ1v) is 4.07. The van der Waals surface area contributed by atoms with Gasteiger partial charge in [0.1, 0.15) is 0 Å². The van der Waals surface area contributed by atoms with Crippen LogP contribution in [0.4, 0.5) is 8.78 Å². The van der Waals surface area contributed by atoms with E-state index >= 15 is 0 Å². The van der Waals surface area contributed by atoms with Crippen molar-refractivity contribution in [3.63, 3.8) is 0 Å². The van der Waals surface area contributed by atoms with Gasteiger partial charge in [-0.2, -0.15) is 8.78 Å². The van der Waals surface area contributed by atoms with E-state index in [-0.39, 0.29) is 13.1 Å². The number of carbonyl (C=O) groups excluding carboxylic acids is 1. The van der Waals surface area contributed by atoms with Crippen LogP contribution in [0.3, 0.4) is 0 Å². The molecule has 0 radical (unpaired) electrons. The Morgan fingerprint density at radius 2 is 2.31 bits per heavy atom. The summed E-state index contributed by atoms with van der Waals surface area (Å²) in [5.74, 6) is -1.21. The average Bonchev–Trinajstić information content (AvgIpc) is 2.28. The normalized spacial score (nSPS) is 24.6. The molecule has 1 aliphatic rings. The number of β-amino-alcohol motifs (C(OH)–C–C–N with tert-alkyl or cyclic N) is 1. The van der Waals surface area contributed by atoms with Gasteiger partial charge in [-0.1, -0.05) is 0 Å². The number of halogens is 2. The van der Waals surface area contributed by atoms with Crippen molar-refractivity contribution in [1.82, 2.24) is 10.2 Å². The van der Waals surface area contributed by atoms with Crippen LogP contribution in [0.25, 0.3) is 0 Å². The molecule has 0 bridgehead atoms. The van der Waals surface area contributed by atoms with Gasteiger partial charge < -0.3 is 15.3 Å². The summed E-state index contributed by atoms with van der Waals surface area (Å²) in [7, 11) is 0. The second kappa shape index (κ2) is 4.48. The lowest BCUT2D eigenvalue weighted by atomic mass is 10.3. The predicted molar refractivity (Wildman–Crippen MR) is 41.5 cm³/mol. The van der Waals surface area contributed by atoms with Crippen LogP contribution in [0.2, 0.25) is 0 Å². The summed E-state index contributed by atoms with van der Waals surface area (Å²) in [6.07, 6.45) is -3.74. The number of aliphatic hydroxyl groups is 1. The fourth-order valence-corrected chi connectivity index (χ4v) is 1.23. The van der Waals surface area contributed by atoms with Crippen molar-refractivity contribution in [2.75, 3.05) is 26.2 Å². The summed E-state index contributed by atoms with van der Waals surface area (Å²) in [6.45, 7) is 0.985. The molecule has 0 spiro atoms. The van der Waals surface area contributed by atoms with Gasteiger partial charge in [0, 0.05) is 26.2 Å². The van der Waals surface area contributed by atoms with Crippen LogP contribution in [-0.2, 0) is 4.79 Å². The summed E-state index contributed by atoms with van der Waals surface area (Å²) in [5, 5.41) is 12.0. The summed E-state index contributed by atoms with van der Waals surface area (Å²) < 4.78 is 24.0. The number of nitrogens with zero attached hydrogens (tertiary/aromatic N) is 1. The van der Waals surface area contributed by atoms with Crippen LogP contribution in [-0.4, -0.2) is 54.6 Å². The van der Waals surface area contributed by atoms with Crippen LogP contribution in [0.5, 0.6) is 0 Å². The fourth-order valence-electron chi connectivity index (χ4n) is 1.23. The van der Waals surface area contributed by atoms with Crippen molar-refractivity contribution < 1.29 is 18.7 Å². The highest BCUT2D eigenvalue weighted by Gasteiger charge is 2.26. The van der Waals surface area contributed by atoms with Gasteiger partial charge in [0.15, 0.2) is 0 Å². The average molecular weight is 194 g/mol. The number of rotatable bonds is 1. The van der Waals surface area contributed by atoms with E-state index in [9.17, 15) is 18.7 Å². The molecule has 1 fully saturated rings. The van der Waals surface area contributed by atoms with E-state index in [1.54, 1.807) is 0 Å². The number of hydrogen-bond donors (Lipinski definition) is 2. The third-order valence-electron chi connectivity index (χ3n) is 1.87. The Bertz CT molecular complexity index is 189. The SMILES string of the molecule is O=C(C(F)F)N1CCNCC(O)C1. The van der Waals surface area contributed by atoms with Crippen LogP contribution >= 0.6 is 0 Å². The first kappa shape index (κ1) is 10.3. The summed E-state index contributed by atoms with van der Waals surface area (Å²) >= 11 is 0. The van der Waals surface area contributed by atoms with Gasteiger partial charge in [-0.3, -0.25) is 4.79 Å². The van der Waals surface area contributed by atoms with Crippen LogP contribution in [0.1, 0.15) is 0 Å². The minimum absolute atomic E-state index is 0.0177. The molecule has 1 aliphatic heterocycles. The van der Waals surface area contributed by atoms with Gasteiger partial charge in [-0.15, -0.1) is 0 Å². The minimum atomic E-state index is -2.98. The maximum Gasteiger partial charge on any atom is 0.315 e. The summed E-state index contributed by atoms with van der Waals surface area (Å²) in [6, 6.07) is 0. The molecular weight excluding hydrogens is 182 g/mol. The standard InChI is InChI=1S/C7H12F2N2O2/c8-6(9)7(13)11-2-1-10-3-5(12)4-11/h5-6,10,12H,1-4H2. The molecule has 1 amide bonds. The Labute approximate surface area is 74.5 Å². The van der Waals surface area contributed by atoms with E-state index in [2.05, 4.69) is 5.32 Å². The Hall–Kier alpha value is -0.750. The lowest BCUT2D eigenvalue weighted by Gasteiger charge is -2.20. The summed E-state index contributed by atoms with van der Waals surface area (Å²) in [4.78, 5) is 11.8. The van der Waals surface area contributed by atoms with Crippen molar-refractivity contribution in [3.05, 3.63) is 0 Å². The molecule has 1 saturated heterocycles. The molecule has 1 rings (SSSR count). The molecule has 1 heterocycles. The van der Waals surface area contributed by atoms with Crippen molar-refractivity contribution in [3.8, 4) is 0 Å². The maximum atomic E-state index is 12.0. The predicted octanol–water partition coefficient (Wildman–Crippen LogP) is -0.956. The van der Waals surface area contributed by atoms with Crippen LogP contribution < -0.4 is 5.32 Å². The zero-order valence-electron chi connectivity index (χ0n) is 7.04. The van der Waals surface area contributed by atoms with E-state index in [0.717, 1.165) is 4.90 Å². The molecule has 1 atom stereocenters. The number of aliphatic hydroxyl groups excluding tert-OH is 1. The smallest absolute Gasteiger partial charge is 0.315 e. The third kappa shape index (κ3) is 2.89.